The molecule has 0 radical (unpaired) electrons. The number of amides is 1. The summed E-state index contributed by atoms with van der Waals surface area (Å²) in [5.74, 6) is -0.0719. The Labute approximate surface area is 78.8 Å². The van der Waals surface area contributed by atoms with Crippen molar-refractivity contribution in [3.63, 3.8) is 0 Å². The van der Waals surface area contributed by atoms with Crippen LogP contribution in [0.25, 0.3) is 0 Å². The lowest BCUT2D eigenvalue weighted by Crippen LogP contribution is -2.43. The number of aliphatic hydroxyl groups is 1. The van der Waals surface area contributed by atoms with Gasteiger partial charge in [0.25, 0.3) is 0 Å². The second-order valence-corrected chi connectivity index (χ2v) is 3.51. The first-order valence-corrected chi connectivity index (χ1v) is 4.78. The molecule has 0 aromatic rings. The number of carbonyl (C=O) groups excluding carboxylic acids is 1. The third-order valence-corrected chi connectivity index (χ3v) is 2.44. The molecule has 0 unspecified atom stereocenters. The molecule has 1 rings (SSSR count). The maximum absolute atomic E-state index is 10.8. The van der Waals surface area contributed by atoms with Gasteiger partial charge in [0.05, 0.1) is 12.1 Å². The van der Waals surface area contributed by atoms with E-state index in [2.05, 4.69) is 12.2 Å². The maximum Gasteiger partial charge on any atom is 0.217 e. The predicted octanol–water partition coefficient (Wildman–Crippen LogP) is 0.982. The summed E-state index contributed by atoms with van der Waals surface area (Å²) in [6.07, 6.45) is 4.18. The van der Waals surface area contributed by atoms with Crippen molar-refractivity contribution < 1.29 is 9.90 Å². The second-order valence-electron chi connectivity index (χ2n) is 3.51. The summed E-state index contributed by atoms with van der Waals surface area (Å²) in [4.78, 5) is 10.8. The Morgan fingerprint density at radius 3 is 2.92 bits per heavy atom. The van der Waals surface area contributed by atoms with Crippen LogP contribution in [0.5, 0.6) is 0 Å². The number of hydrogen-bond donors (Lipinski definition) is 2. The largest absolute Gasteiger partial charge is 0.387 e. The highest BCUT2D eigenvalue weighted by Crippen LogP contribution is 2.20. The fraction of sp³-hybridized carbons (Fsp3) is 0.700. The van der Waals surface area contributed by atoms with Crippen LogP contribution in [0.3, 0.4) is 0 Å². The van der Waals surface area contributed by atoms with Gasteiger partial charge >= 0.3 is 0 Å². The molecule has 0 saturated heterocycles. The number of allylic oxidation sites excluding steroid dienone is 1. The SMILES string of the molecule is CCC1=C[C@@H](O)[C@H](NC(C)=O)CC1. The molecule has 0 saturated carbocycles. The summed E-state index contributed by atoms with van der Waals surface area (Å²) in [7, 11) is 0. The van der Waals surface area contributed by atoms with Crippen molar-refractivity contribution >= 4 is 5.91 Å². The van der Waals surface area contributed by atoms with Crippen LogP contribution in [-0.4, -0.2) is 23.2 Å². The van der Waals surface area contributed by atoms with Crippen LogP contribution < -0.4 is 5.32 Å². The van der Waals surface area contributed by atoms with Crippen LogP contribution in [0.1, 0.15) is 33.1 Å². The van der Waals surface area contributed by atoms with Gasteiger partial charge in [0.1, 0.15) is 0 Å². The van der Waals surface area contributed by atoms with Crippen LogP contribution in [0.2, 0.25) is 0 Å². The highest BCUT2D eigenvalue weighted by molar-refractivity contribution is 5.73. The average molecular weight is 183 g/mol. The van der Waals surface area contributed by atoms with Gasteiger partial charge in [-0.3, -0.25) is 4.79 Å². The van der Waals surface area contributed by atoms with Gasteiger partial charge in [-0.15, -0.1) is 0 Å². The zero-order valence-corrected chi connectivity index (χ0v) is 8.21. The summed E-state index contributed by atoms with van der Waals surface area (Å²) in [5.41, 5.74) is 1.29. The fourth-order valence-electron chi connectivity index (χ4n) is 1.67. The van der Waals surface area contributed by atoms with E-state index in [0.29, 0.717) is 0 Å². The second kappa shape index (κ2) is 4.42. The topological polar surface area (TPSA) is 49.3 Å². The van der Waals surface area contributed by atoms with E-state index in [1.54, 1.807) is 0 Å². The van der Waals surface area contributed by atoms with Crippen LogP contribution in [-0.2, 0) is 4.79 Å². The Hall–Kier alpha value is -0.830. The molecule has 0 bridgehead atoms. The van der Waals surface area contributed by atoms with E-state index in [1.165, 1.54) is 12.5 Å². The highest BCUT2D eigenvalue weighted by atomic mass is 16.3. The van der Waals surface area contributed by atoms with Crippen molar-refractivity contribution in [1.82, 2.24) is 5.32 Å². The lowest BCUT2D eigenvalue weighted by molar-refractivity contribution is -0.120. The summed E-state index contributed by atoms with van der Waals surface area (Å²) in [6.45, 7) is 3.56. The molecule has 3 heteroatoms. The van der Waals surface area contributed by atoms with Crippen LogP contribution in [0.4, 0.5) is 0 Å². The number of hydrogen-bond acceptors (Lipinski definition) is 2. The minimum absolute atomic E-state index is 0.0719. The Balaban J connectivity index is 2.54. The van der Waals surface area contributed by atoms with Gasteiger partial charge in [0, 0.05) is 6.92 Å². The zero-order chi connectivity index (χ0) is 9.84. The normalized spacial score (nSPS) is 28.1. The molecule has 1 amide bonds. The van der Waals surface area contributed by atoms with E-state index in [0.717, 1.165) is 19.3 Å². The van der Waals surface area contributed by atoms with Crippen LogP contribution in [0, 0.1) is 0 Å². The smallest absolute Gasteiger partial charge is 0.217 e. The lowest BCUT2D eigenvalue weighted by Gasteiger charge is -2.26. The molecule has 2 N–H and O–H groups in total. The molecule has 0 aliphatic heterocycles. The molecule has 0 spiro atoms. The number of aliphatic hydroxyl groups excluding tert-OH is 1. The number of rotatable bonds is 2. The van der Waals surface area contributed by atoms with Gasteiger partial charge in [-0.05, 0) is 19.3 Å². The molecule has 0 heterocycles. The van der Waals surface area contributed by atoms with Gasteiger partial charge in [-0.1, -0.05) is 18.6 Å². The van der Waals surface area contributed by atoms with Crippen molar-refractivity contribution in [2.45, 2.75) is 45.3 Å². The molecule has 74 valence electrons. The van der Waals surface area contributed by atoms with E-state index in [4.69, 9.17) is 0 Å². The third-order valence-electron chi connectivity index (χ3n) is 2.44. The highest BCUT2D eigenvalue weighted by Gasteiger charge is 2.22. The minimum atomic E-state index is -0.507. The zero-order valence-electron chi connectivity index (χ0n) is 8.21. The minimum Gasteiger partial charge on any atom is -0.387 e. The van der Waals surface area contributed by atoms with Crippen molar-refractivity contribution in [3.05, 3.63) is 11.6 Å². The fourth-order valence-corrected chi connectivity index (χ4v) is 1.67. The maximum atomic E-state index is 10.8. The molecular formula is C10H17NO2. The molecular weight excluding hydrogens is 166 g/mol. The Morgan fingerprint density at radius 1 is 1.77 bits per heavy atom. The summed E-state index contributed by atoms with van der Waals surface area (Å²) in [5, 5.41) is 12.4. The molecule has 0 fully saturated rings. The van der Waals surface area contributed by atoms with Crippen LogP contribution >= 0.6 is 0 Å². The Bertz CT molecular complexity index is 223. The van der Waals surface area contributed by atoms with Gasteiger partial charge in [-0.25, -0.2) is 0 Å². The van der Waals surface area contributed by atoms with Crippen molar-refractivity contribution in [3.8, 4) is 0 Å². The number of nitrogens with one attached hydrogen (secondary N) is 1. The number of carbonyl (C=O) groups is 1. The molecule has 2 atom stereocenters. The third kappa shape index (κ3) is 2.84. The van der Waals surface area contributed by atoms with Gasteiger partial charge in [0.2, 0.25) is 5.91 Å². The first-order valence-electron chi connectivity index (χ1n) is 4.78. The van der Waals surface area contributed by atoms with E-state index >= 15 is 0 Å². The van der Waals surface area contributed by atoms with E-state index in [9.17, 15) is 9.90 Å². The first kappa shape index (κ1) is 10.3. The van der Waals surface area contributed by atoms with Gasteiger partial charge in [0.15, 0.2) is 0 Å². The molecule has 3 nitrogen and oxygen atoms in total. The quantitative estimate of drug-likeness (QED) is 0.627. The first-order chi connectivity index (χ1) is 6.13. The summed E-state index contributed by atoms with van der Waals surface area (Å²) >= 11 is 0. The summed E-state index contributed by atoms with van der Waals surface area (Å²) in [6, 6.07) is -0.0900. The molecule has 1 aliphatic rings. The monoisotopic (exact) mass is 183 g/mol. The summed E-state index contributed by atoms with van der Waals surface area (Å²) < 4.78 is 0. The van der Waals surface area contributed by atoms with E-state index < -0.39 is 6.10 Å². The Kier molecular flexibility index (Phi) is 3.48. The Morgan fingerprint density at radius 2 is 2.46 bits per heavy atom. The van der Waals surface area contributed by atoms with E-state index in [1.807, 2.05) is 6.08 Å². The van der Waals surface area contributed by atoms with Crippen molar-refractivity contribution in [1.29, 1.82) is 0 Å². The predicted molar refractivity (Wildman–Crippen MR) is 51.2 cm³/mol. The standard InChI is InChI=1S/C10H17NO2/c1-3-8-4-5-9(10(13)6-8)11-7(2)12/h6,9-10,13H,3-5H2,1-2H3,(H,11,12)/t9-,10-/m1/s1. The van der Waals surface area contributed by atoms with Gasteiger partial charge in [-0.2, -0.15) is 0 Å². The molecule has 0 aromatic heterocycles. The van der Waals surface area contributed by atoms with E-state index in [-0.39, 0.29) is 11.9 Å². The van der Waals surface area contributed by atoms with Crippen molar-refractivity contribution in [2.24, 2.45) is 0 Å². The van der Waals surface area contributed by atoms with Crippen LogP contribution in [0.15, 0.2) is 11.6 Å². The molecule has 1 aliphatic carbocycles. The average Bonchev–Trinajstić information content (AvgIpc) is 2.08. The lowest BCUT2D eigenvalue weighted by atomic mass is 9.91. The molecule has 13 heavy (non-hydrogen) atoms. The van der Waals surface area contributed by atoms with Gasteiger partial charge < -0.3 is 10.4 Å². The van der Waals surface area contributed by atoms with Crippen molar-refractivity contribution in [2.75, 3.05) is 0 Å². The molecule has 0 aromatic carbocycles.